The van der Waals surface area contributed by atoms with E-state index < -0.39 is 0 Å². The Hall–Kier alpha value is -2.92. The Morgan fingerprint density at radius 1 is 0.952 bits per heavy atom. The van der Waals surface area contributed by atoms with Crippen molar-refractivity contribution < 1.29 is 14.3 Å². The first-order chi connectivity index (χ1) is 20.5. The van der Waals surface area contributed by atoms with Gasteiger partial charge in [-0.05, 0) is 57.0 Å². The van der Waals surface area contributed by atoms with Gasteiger partial charge < -0.3 is 24.8 Å². The fraction of sp³-hybridized carbons (Fsp3) is 0.667. The van der Waals surface area contributed by atoms with Crippen molar-refractivity contribution in [2.24, 2.45) is 5.92 Å². The number of piperazine rings is 1. The summed E-state index contributed by atoms with van der Waals surface area (Å²) in [6, 6.07) is 8.61. The second kappa shape index (κ2) is 12.0. The van der Waals surface area contributed by atoms with Gasteiger partial charge in [-0.2, -0.15) is 5.01 Å². The van der Waals surface area contributed by atoms with E-state index in [0.717, 1.165) is 64.0 Å². The molecule has 6 aliphatic rings. The van der Waals surface area contributed by atoms with Gasteiger partial charge in [-0.25, -0.2) is 0 Å². The second-order valence-electron chi connectivity index (χ2n) is 12.3. The van der Waals surface area contributed by atoms with Crippen molar-refractivity contribution in [3.05, 3.63) is 24.3 Å². The molecule has 12 nitrogen and oxygen atoms in total. The number of nitrogens with zero attached hydrogens (tertiary/aromatic N) is 5. The first-order valence-corrected chi connectivity index (χ1v) is 15.6. The SMILES string of the molecule is CN1CCN(c2ccc(NC3NCC4C(=O)N5CC#CCCCCN6C(=O)COC7CCC(NC76)N5C4N3)cc2)CC1. The fourth-order valence-electron chi connectivity index (χ4n) is 7.19. The van der Waals surface area contributed by atoms with Crippen molar-refractivity contribution >= 4 is 23.2 Å². The molecule has 226 valence electrons. The fourth-order valence-corrected chi connectivity index (χ4v) is 7.19. The summed E-state index contributed by atoms with van der Waals surface area (Å²) in [6.07, 6.45) is 3.45. The highest BCUT2D eigenvalue weighted by atomic mass is 16.5. The Balaban J connectivity index is 1.08. The third kappa shape index (κ3) is 5.45. The van der Waals surface area contributed by atoms with E-state index in [1.807, 2.05) is 9.91 Å². The maximum atomic E-state index is 13.7. The number of fused-ring (bicyclic) bond motifs is 5. The average molecular weight is 578 g/mol. The standard InChI is InChI=1S/C30H43N9O3/c1-35-15-17-36(18-16-35)22-9-7-21(8-10-22)32-30-31-19-23-27(34-30)39-25-12-11-24-28(33-25)37(26(40)20-42-24)13-5-3-2-4-6-14-38(39)29(23)41/h7-10,23-25,27-28,30-34H,2-3,5,11-20H2,1H3. The number of amides is 2. The molecule has 5 fully saturated rings. The molecule has 2 amide bonds. The summed E-state index contributed by atoms with van der Waals surface area (Å²) in [6.45, 7) is 5.99. The topological polar surface area (TPSA) is 108 Å². The molecule has 2 bridgehead atoms. The molecule has 0 spiro atoms. The average Bonchev–Trinajstić information content (AvgIpc) is 3.28. The lowest BCUT2D eigenvalue weighted by atomic mass is 9.99. The Morgan fingerprint density at radius 2 is 1.79 bits per heavy atom. The van der Waals surface area contributed by atoms with Crippen LogP contribution in [0.15, 0.2) is 24.3 Å². The maximum Gasteiger partial charge on any atom is 0.249 e. The van der Waals surface area contributed by atoms with Gasteiger partial charge in [0, 0.05) is 57.1 Å². The molecule has 5 saturated heterocycles. The second-order valence-corrected chi connectivity index (χ2v) is 12.3. The van der Waals surface area contributed by atoms with Gasteiger partial charge in [0.15, 0.2) is 0 Å². The molecule has 0 saturated carbocycles. The summed E-state index contributed by atoms with van der Waals surface area (Å²) in [5.41, 5.74) is 2.26. The molecule has 12 heteroatoms. The zero-order valence-corrected chi connectivity index (χ0v) is 24.4. The predicted molar refractivity (Wildman–Crippen MR) is 159 cm³/mol. The van der Waals surface area contributed by atoms with E-state index in [4.69, 9.17) is 4.74 Å². The smallest absolute Gasteiger partial charge is 0.249 e. The van der Waals surface area contributed by atoms with Gasteiger partial charge in [0.1, 0.15) is 19.1 Å². The Kier molecular flexibility index (Phi) is 7.96. The first kappa shape index (κ1) is 27.9. The predicted octanol–water partition coefficient (Wildman–Crippen LogP) is -0.221. The van der Waals surface area contributed by atoms with Crippen LogP contribution in [0.2, 0.25) is 0 Å². The molecule has 6 aliphatic heterocycles. The van der Waals surface area contributed by atoms with Gasteiger partial charge in [-0.15, -0.1) is 5.92 Å². The molecule has 0 aliphatic carbocycles. The molecular formula is C30H43N9O3. The number of hydrogen-bond donors (Lipinski definition) is 4. The summed E-state index contributed by atoms with van der Waals surface area (Å²) in [5.74, 6) is 6.39. The maximum absolute atomic E-state index is 13.7. The first-order valence-electron chi connectivity index (χ1n) is 15.6. The van der Waals surface area contributed by atoms with Crippen LogP contribution in [0.4, 0.5) is 11.4 Å². The zero-order chi connectivity index (χ0) is 28.6. The van der Waals surface area contributed by atoms with Gasteiger partial charge in [-0.1, -0.05) is 5.92 Å². The van der Waals surface area contributed by atoms with Gasteiger partial charge in [0.25, 0.3) is 0 Å². The number of ether oxygens (including phenoxy) is 1. The third-order valence-electron chi connectivity index (χ3n) is 9.58. The molecule has 6 heterocycles. The van der Waals surface area contributed by atoms with Crippen molar-refractivity contribution in [2.45, 2.75) is 63.0 Å². The van der Waals surface area contributed by atoms with Crippen LogP contribution in [-0.4, -0.2) is 122 Å². The van der Waals surface area contributed by atoms with Crippen molar-refractivity contribution in [3.8, 4) is 11.8 Å². The highest BCUT2D eigenvalue weighted by Gasteiger charge is 2.53. The Bertz CT molecular complexity index is 1210. The number of morpholine rings is 1. The monoisotopic (exact) mass is 577 g/mol. The van der Waals surface area contributed by atoms with Crippen molar-refractivity contribution in [3.63, 3.8) is 0 Å². The zero-order valence-electron chi connectivity index (χ0n) is 24.4. The number of likely N-dealkylation sites (N-methyl/N-ethyl adjacent to an activating group) is 1. The van der Waals surface area contributed by atoms with Crippen LogP contribution in [0.5, 0.6) is 0 Å². The number of carbonyl (C=O) groups excluding carboxylic acids is 2. The van der Waals surface area contributed by atoms with Crippen LogP contribution in [0.3, 0.4) is 0 Å². The largest absolute Gasteiger partial charge is 0.369 e. The van der Waals surface area contributed by atoms with Crippen LogP contribution >= 0.6 is 0 Å². The van der Waals surface area contributed by atoms with Crippen LogP contribution in [0, 0.1) is 17.8 Å². The van der Waals surface area contributed by atoms with Crippen molar-refractivity contribution in [1.82, 2.24) is 35.8 Å². The van der Waals surface area contributed by atoms with Crippen molar-refractivity contribution in [2.75, 3.05) is 69.7 Å². The van der Waals surface area contributed by atoms with Crippen molar-refractivity contribution in [1.29, 1.82) is 0 Å². The molecule has 6 unspecified atom stereocenters. The lowest BCUT2D eigenvalue weighted by Gasteiger charge is -2.50. The van der Waals surface area contributed by atoms with E-state index in [1.54, 1.807) is 0 Å². The van der Waals surface area contributed by atoms with Gasteiger partial charge >= 0.3 is 0 Å². The van der Waals surface area contributed by atoms with Crippen LogP contribution in [0.1, 0.15) is 32.1 Å². The third-order valence-corrected chi connectivity index (χ3v) is 9.58. The van der Waals surface area contributed by atoms with Gasteiger partial charge in [0.2, 0.25) is 11.8 Å². The van der Waals surface area contributed by atoms with Crippen LogP contribution in [0.25, 0.3) is 0 Å². The van der Waals surface area contributed by atoms with E-state index in [1.165, 1.54) is 5.69 Å². The van der Waals surface area contributed by atoms with E-state index in [9.17, 15) is 9.59 Å². The quantitative estimate of drug-likeness (QED) is 0.360. The molecule has 7 rings (SSSR count). The molecule has 42 heavy (non-hydrogen) atoms. The minimum Gasteiger partial charge on any atom is -0.369 e. The highest BCUT2D eigenvalue weighted by Crippen LogP contribution is 2.33. The number of anilines is 2. The van der Waals surface area contributed by atoms with Crippen LogP contribution < -0.4 is 26.2 Å². The molecule has 4 N–H and O–H groups in total. The molecule has 0 radical (unpaired) electrons. The summed E-state index contributed by atoms with van der Waals surface area (Å²) >= 11 is 0. The number of rotatable bonds is 3. The number of carbonyl (C=O) groups is 2. The molecule has 1 aromatic carbocycles. The van der Waals surface area contributed by atoms with E-state index >= 15 is 0 Å². The Labute approximate surface area is 248 Å². The number of hydrazine groups is 1. The number of hydrogen-bond acceptors (Lipinski definition) is 10. The molecular weight excluding hydrogens is 534 g/mol. The van der Waals surface area contributed by atoms with Crippen LogP contribution in [-0.2, 0) is 14.3 Å². The number of benzene rings is 1. The van der Waals surface area contributed by atoms with Gasteiger partial charge in [-0.3, -0.25) is 30.5 Å². The molecule has 1 aromatic rings. The lowest BCUT2D eigenvalue weighted by Crippen LogP contribution is -2.72. The number of piperidine rings is 1. The summed E-state index contributed by atoms with van der Waals surface area (Å²) in [4.78, 5) is 33.3. The van der Waals surface area contributed by atoms with E-state index in [0.29, 0.717) is 19.6 Å². The highest BCUT2D eigenvalue weighted by molar-refractivity contribution is 5.82. The minimum absolute atomic E-state index is 0.0282. The normalized spacial score (nSPS) is 34.4. The lowest BCUT2D eigenvalue weighted by molar-refractivity contribution is -0.176. The minimum atomic E-state index is -0.239. The molecule has 6 atom stereocenters. The summed E-state index contributed by atoms with van der Waals surface area (Å²) in [7, 11) is 2.17. The summed E-state index contributed by atoms with van der Waals surface area (Å²) in [5, 5.41) is 18.5. The van der Waals surface area contributed by atoms with E-state index in [-0.39, 0.29) is 55.2 Å². The Morgan fingerprint density at radius 3 is 2.62 bits per heavy atom. The number of nitrogens with one attached hydrogen (secondary N) is 4. The molecule has 0 aromatic heterocycles. The summed E-state index contributed by atoms with van der Waals surface area (Å²) < 4.78 is 5.95. The van der Waals surface area contributed by atoms with Gasteiger partial charge in [0.05, 0.1) is 30.9 Å². The van der Waals surface area contributed by atoms with E-state index in [2.05, 4.69) is 79.2 Å².